The second kappa shape index (κ2) is 4.74. The van der Waals surface area contributed by atoms with Gasteiger partial charge in [0.25, 0.3) is 0 Å². The van der Waals surface area contributed by atoms with Crippen molar-refractivity contribution in [3.05, 3.63) is 11.3 Å². The summed E-state index contributed by atoms with van der Waals surface area (Å²) in [5.41, 5.74) is 2.31. The third-order valence-electron chi connectivity index (χ3n) is 5.08. The fraction of sp³-hybridized carbons (Fsp3) is 0.800. The predicted molar refractivity (Wildman–Crippen MR) is 72.8 cm³/mol. The summed E-state index contributed by atoms with van der Waals surface area (Å²) in [5, 5.41) is 3.42. The standard InChI is InChI=1S/C15H22N2O3/c18-14-13(11-1-2-11)12(7-20-14)17-8-15(9-19-10-17)3-5-16-6-4-15/h11,16H,1-10H2. The predicted octanol–water partition coefficient (Wildman–Crippen LogP) is 0.867. The Hall–Kier alpha value is -1.07. The molecule has 2 saturated heterocycles. The molecule has 3 heterocycles. The molecule has 5 nitrogen and oxygen atoms in total. The summed E-state index contributed by atoms with van der Waals surface area (Å²) in [6, 6.07) is 0. The molecule has 3 fully saturated rings. The minimum atomic E-state index is -0.0903. The van der Waals surface area contributed by atoms with E-state index in [0.717, 1.165) is 63.2 Å². The Kier molecular flexibility index (Phi) is 3.00. The first kappa shape index (κ1) is 12.7. The Morgan fingerprint density at radius 1 is 1.25 bits per heavy atom. The molecule has 1 saturated carbocycles. The van der Waals surface area contributed by atoms with Gasteiger partial charge in [0.05, 0.1) is 17.9 Å². The molecule has 3 aliphatic heterocycles. The summed E-state index contributed by atoms with van der Waals surface area (Å²) >= 11 is 0. The number of carbonyl (C=O) groups is 1. The molecule has 5 heteroatoms. The highest BCUT2D eigenvalue weighted by Gasteiger charge is 2.43. The number of carbonyl (C=O) groups excluding carboxylic acids is 1. The molecule has 0 aromatic heterocycles. The highest BCUT2D eigenvalue weighted by Crippen LogP contribution is 2.43. The smallest absolute Gasteiger partial charge is 0.336 e. The van der Waals surface area contributed by atoms with Crippen molar-refractivity contribution in [2.24, 2.45) is 11.3 Å². The Labute approximate surface area is 119 Å². The van der Waals surface area contributed by atoms with Crippen LogP contribution in [0.2, 0.25) is 0 Å². The van der Waals surface area contributed by atoms with E-state index in [4.69, 9.17) is 9.47 Å². The second-order valence-corrected chi connectivity index (χ2v) is 6.64. The topological polar surface area (TPSA) is 50.8 Å². The summed E-state index contributed by atoms with van der Waals surface area (Å²) < 4.78 is 11.2. The van der Waals surface area contributed by atoms with Crippen LogP contribution in [0.4, 0.5) is 0 Å². The molecule has 0 atom stereocenters. The second-order valence-electron chi connectivity index (χ2n) is 6.64. The Balaban J connectivity index is 1.57. The number of esters is 1. The molecule has 110 valence electrons. The molecule has 0 amide bonds. The zero-order chi connectivity index (χ0) is 13.6. The number of ether oxygens (including phenoxy) is 2. The van der Waals surface area contributed by atoms with Crippen LogP contribution in [0.1, 0.15) is 25.7 Å². The molecule has 0 bridgehead atoms. The van der Waals surface area contributed by atoms with Gasteiger partial charge in [-0.25, -0.2) is 4.79 Å². The van der Waals surface area contributed by atoms with Gasteiger partial charge in [0.15, 0.2) is 0 Å². The molecule has 20 heavy (non-hydrogen) atoms. The van der Waals surface area contributed by atoms with Crippen molar-refractivity contribution >= 4 is 5.97 Å². The Bertz CT molecular complexity index is 445. The van der Waals surface area contributed by atoms with Crippen molar-refractivity contribution in [3.8, 4) is 0 Å². The molecular formula is C15H22N2O3. The van der Waals surface area contributed by atoms with Gasteiger partial charge in [0.1, 0.15) is 13.3 Å². The van der Waals surface area contributed by atoms with Crippen LogP contribution in [0, 0.1) is 11.3 Å². The van der Waals surface area contributed by atoms with Gasteiger partial charge in [-0.2, -0.15) is 0 Å². The number of nitrogens with one attached hydrogen (secondary N) is 1. The Morgan fingerprint density at radius 2 is 2.05 bits per heavy atom. The van der Waals surface area contributed by atoms with E-state index in [-0.39, 0.29) is 11.4 Å². The van der Waals surface area contributed by atoms with Gasteiger partial charge in [-0.15, -0.1) is 0 Å². The van der Waals surface area contributed by atoms with Crippen LogP contribution in [-0.2, 0) is 14.3 Å². The minimum absolute atomic E-state index is 0.0903. The van der Waals surface area contributed by atoms with E-state index in [1.165, 1.54) is 0 Å². The van der Waals surface area contributed by atoms with E-state index < -0.39 is 0 Å². The van der Waals surface area contributed by atoms with Crippen LogP contribution in [-0.4, -0.2) is 50.4 Å². The first-order valence-electron chi connectivity index (χ1n) is 7.71. The third kappa shape index (κ3) is 2.13. The molecule has 0 radical (unpaired) electrons. The van der Waals surface area contributed by atoms with Crippen LogP contribution in [0.25, 0.3) is 0 Å². The number of rotatable bonds is 2. The van der Waals surface area contributed by atoms with Gasteiger partial charge in [-0.3, -0.25) is 0 Å². The van der Waals surface area contributed by atoms with Crippen LogP contribution in [0.5, 0.6) is 0 Å². The summed E-state index contributed by atoms with van der Waals surface area (Å²) in [4.78, 5) is 14.2. The van der Waals surface area contributed by atoms with Crippen molar-refractivity contribution in [2.45, 2.75) is 25.7 Å². The summed E-state index contributed by atoms with van der Waals surface area (Å²) in [5.74, 6) is 0.360. The van der Waals surface area contributed by atoms with E-state index in [9.17, 15) is 4.79 Å². The molecule has 0 aromatic rings. The fourth-order valence-electron chi connectivity index (χ4n) is 3.74. The van der Waals surface area contributed by atoms with Crippen LogP contribution in [0.15, 0.2) is 11.3 Å². The molecule has 1 aliphatic carbocycles. The lowest BCUT2D eigenvalue weighted by molar-refractivity contribution is -0.136. The van der Waals surface area contributed by atoms with Crippen LogP contribution in [0.3, 0.4) is 0 Å². The minimum Gasteiger partial charge on any atom is -0.456 e. The normalized spacial score (nSPS) is 30.0. The van der Waals surface area contributed by atoms with Gasteiger partial charge in [-0.1, -0.05) is 0 Å². The van der Waals surface area contributed by atoms with Crippen molar-refractivity contribution in [3.63, 3.8) is 0 Å². The van der Waals surface area contributed by atoms with E-state index in [0.29, 0.717) is 19.3 Å². The molecule has 4 aliphatic rings. The van der Waals surface area contributed by atoms with Crippen molar-refractivity contribution in [1.29, 1.82) is 0 Å². The number of hydrogen-bond acceptors (Lipinski definition) is 5. The van der Waals surface area contributed by atoms with Crippen LogP contribution >= 0.6 is 0 Å². The number of cyclic esters (lactones) is 1. The first-order chi connectivity index (χ1) is 9.77. The molecule has 0 unspecified atom stereocenters. The first-order valence-corrected chi connectivity index (χ1v) is 7.71. The average molecular weight is 278 g/mol. The van der Waals surface area contributed by atoms with Crippen molar-refractivity contribution in [2.75, 3.05) is 39.6 Å². The largest absolute Gasteiger partial charge is 0.456 e. The SMILES string of the molecule is O=C1OCC(N2COCC3(CCNCC3)C2)=C1C1CC1. The quantitative estimate of drug-likeness (QED) is 0.760. The van der Waals surface area contributed by atoms with Crippen molar-refractivity contribution < 1.29 is 14.3 Å². The van der Waals surface area contributed by atoms with E-state index in [1.54, 1.807) is 0 Å². The average Bonchev–Trinajstić information content (AvgIpc) is 3.22. The molecule has 0 aromatic carbocycles. The van der Waals surface area contributed by atoms with Gasteiger partial charge < -0.3 is 19.7 Å². The monoisotopic (exact) mass is 278 g/mol. The molecule has 4 rings (SSSR count). The van der Waals surface area contributed by atoms with Gasteiger partial charge in [-0.05, 0) is 44.7 Å². The summed E-state index contributed by atoms with van der Waals surface area (Å²) in [7, 11) is 0. The highest BCUT2D eigenvalue weighted by molar-refractivity contribution is 5.92. The zero-order valence-electron chi connectivity index (χ0n) is 11.8. The van der Waals surface area contributed by atoms with Crippen molar-refractivity contribution in [1.82, 2.24) is 10.2 Å². The maximum atomic E-state index is 11.9. The van der Waals surface area contributed by atoms with Gasteiger partial charge in [0.2, 0.25) is 0 Å². The lowest BCUT2D eigenvalue weighted by Gasteiger charge is -2.46. The van der Waals surface area contributed by atoms with Crippen LogP contribution < -0.4 is 5.32 Å². The van der Waals surface area contributed by atoms with Gasteiger partial charge in [0, 0.05) is 12.0 Å². The molecular weight excluding hydrogens is 256 g/mol. The van der Waals surface area contributed by atoms with E-state index >= 15 is 0 Å². The number of nitrogens with zero attached hydrogens (tertiary/aromatic N) is 1. The van der Waals surface area contributed by atoms with Gasteiger partial charge >= 0.3 is 5.97 Å². The molecule has 1 spiro atoms. The summed E-state index contributed by atoms with van der Waals surface area (Å²) in [6.45, 7) is 5.06. The zero-order valence-corrected chi connectivity index (χ0v) is 11.8. The highest BCUT2D eigenvalue weighted by atomic mass is 16.5. The lowest BCUT2D eigenvalue weighted by Crippen LogP contribution is -2.51. The Morgan fingerprint density at radius 3 is 2.80 bits per heavy atom. The maximum Gasteiger partial charge on any atom is 0.336 e. The van der Waals surface area contributed by atoms with E-state index in [1.807, 2.05) is 0 Å². The number of piperidine rings is 1. The lowest BCUT2D eigenvalue weighted by atomic mass is 9.78. The number of hydrogen-bond donors (Lipinski definition) is 1. The van der Waals surface area contributed by atoms with E-state index in [2.05, 4.69) is 10.2 Å². The molecule has 1 N–H and O–H groups in total. The summed E-state index contributed by atoms with van der Waals surface area (Å²) in [6.07, 6.45) is 4.59. The maximum absolute atomic E-state index is 11.9. The fourth-order valence-corrected chi connectivity index (χ4v) is 3.74. The third-order valence-corrected chi connectivity index (χ3v) is 5.08.